The van der Waals surface area contributed by atoms with Crippen LogP contribution >= 0.6 is 0 Å². The molecule has 158 valence electrons. The number of hydrogen-bond donors (Lipinski definition) is 1. The number of alkyl halides is 3. The van der Waals surface area contributed by atoms with Gasteiger partial charge in [0.15, 0.2) is 0 Å². The second kappa shape index (κ2) is 7.89. The Morgan fingerprint density at radius 2 is 1.73 bits per heavy atom. The Morgan fingerprint density at radius 1 is 1.07 bits per heavy atom. The Kier molecular flexibility index (Phi) is 5.65. The van der Waals surface area contributed by atoms with Crippen molar-refractivity contribution in [3.05, 3.63) is 65.9 Å². The molecule has 1 N–H and O–H groups in total. The van der Waals surface area contributed by atoms with E-state index in [1.807, 2.05) is 0 Å². The predicted octanol–water partition coefficient (Wildman–Crippen LogP) is 5.26. The molecule has 9 heteroatoms. The van der Waals surface area contributed by atoms with Gasteiger partial charge in [-0.15, -0.1) is 0 Å². The number of carbonyl (C=O) groups excluding carboxylic acids is 1. The number of benzene rings is 2. The first-order valence-electron chi connectivity index (χ1n) is 8.85. The molecule has 0 fully saturated rings. The molecule has 1 aromatic heterocycles. The highest BCUT2D eigenvalue weighted by Gasteiger charge is 2.38. The van der Waals surface area contributed by atoms with Crippen molar-refractivity contribution in [1.82, 2.24) is 10.3 Å². The monoisotopic (exact) mass is 424 g/mol. The number of aromatic nitrogens is 1. The second-order valence-corrected chi connectivity index (χ2v) is 7.12. The summed E-state index contributed by atoms with van der Waals surface area (Å²) in [4.78, 5) is 16.4. The van der Waals surface area contributed by atoms with Crippen LogP contribution < -0.4 is 10.1 Å². The molecule has 0 saturated heterocycles. The topological polar surface area (TPSA) is 51.2 Å². The fraction of sp³-hybridized carbons (Fsp3) is 0.238. The Labute approximate surface area is 168 Å². The zero-order valence-corrected chi connectivity index (χ0v) is 16.0. The zero-order chi connectivity index (χ0) is 22.1. The highest BCUT2D eigenvalue weighted by Crippen LogP contribution is 2.37. The van der Waals surface area contributed by atoms with Gasteiger partial charge in [-0.05, 0) is 38.1 Å². The molecule has 0 spiro atoms. The van der Waals surface area contributed by atoms with E-state index in [1.54, 1.807) is 11.4 Å². The number of carbonyl (C=O) groups is 1. The molecule has 0 radical (unpaired) electrons. The molecule has 0 atom stereocenters. The molecule has 0 aliphatic rings. The van der Waals surface area contributed by atoms with Gasteiger partial charge in [0.05, 0.1) is 11.6 Å². The highest BCUT2D eigenvalue weighted by atomic mass is 19.4. The summed E-state index contributed by atoms with van der Waals surface area (Å²) in [5, 5.41) is 2.21. The molecule has 30 heavy (non-hydrogen) atoms. The number of para-hydroxylation sites is 1. The molecule has 3 rings (SSSR count). The molecule has 0 unspecified atom stereocenters. The molecule has 0 aliphatic carbocycles. The maximum Gasteiger partial charge on any atom is 0.405 e. The maximum absolute atomic E-state index is 14.6. The lowest BCUT2D eigenvalue weighted by atomic mass is 9.82. The van der Waals surface area contributed by atoms with Crippen molar-refractivity contribution >= 4 is 16.8 Å². The van der Waals surface area contributed by atoms with Gasteiger partial charge in [0.2, 0.25) is 5.91 Å². The normalized spacial score (nSPS) is 12.1. The molecule has 2 aromatic carbocycles. The van der Waals surface area contributed by atoms with Crippen LogP contribution in [0.1, 0.15) is 19.4 Å². The van der Waals surface area contributed by atoms with E-state index in [0.29, 0.717) is 5.39 Å². The van der Waals surface area contributed by atoms with Gasteiger partial charge < -0.3 is 10.1 Å². The van der Waals surface area contributed by atoms with Gasteiger partial charge in [-0.2, -0.15) is 13.2 Å². The molecule has 3 aromatic rings. The first-order valence-corrected chi connectivity index (χ1v) is 8.85. The Balaban J connectivity index is 1.96. The van der Waals surface area contributed by atoms with E-state index in [9.17, 15) is 26.7 Å². The van der Waals surface area contributed by atoms with E-state index < -0.39 is 35.7 Å². The average Bonchev–Trinajstić information content (AvgIpc) is 2.65. The van der Waals surface area contributed by atoms with E-state index in [2.05, 4.69) is 4.98 Å². The Bertz CT molecular complexity index is 1100. The fourth-order valence-electron chi connectivity index (χ4n) is 3.00. The average molecular weight is 424 g/mol. The zero-order valence-electron chi connectivity index (χ0n) is 16.0. The third kappa shape index (κ3) is 4.50. The summed E-state index contributed by atoms with van der Waals surface area (Å²) < 4.78 is 71.5. The van der Waals surface area contributed by atoms with E-state index in [4.69, 9.17) is 4.74 Å². The van der Waals surface area contributed by atoms with E-state index in [0.717, 1.165) is 6.07 Å². The highest BCUT2D eigenvalue weighted by molar-refractivity contribution is 5.88. The van der Waals surface area contributed by atoms with Crippen LogP contribution in [0.3, 0.4) is 0 Å². The van der Waals surface area contributed by atoms with Crippen molar-refractivity contribution in [1.29, 1.82) is 0 Å². The van der Waals surface area contributed by atoms with Crippen molar-refractivity contribution in [3.63, 3.8) is 0 Å². The number of nitrogens with one attached hydrogen (secondary N) is 1. The van der Waals surface area contributed by atoms with E-state index in [-0.39, 0.29) is 22.6 Å². The molecule has 1 amide bonds. The summed E-state index contributed by atoms with van der Waals surface area (Å²) in [6.07, 6.45) is -3.37. The first-order chi connectivity index (χ1) is 14.0. The van der Waals surface area contributed by atoms with Crippen LogP contribution in [0.5, 0.6) is 11.5 Å². The quantitative estimate of drug-likeness (QED) is 0.569. The van der Waals surface area contributed by atoms with Crippen molar-refractivity contribution in [2.24, 2.45) is 0 Å². The lowest BCUT2D eigenvalue weighted by Gasteiger charge is -2.27. The van der Waals surface area contributed by atoms with Crippen LogP contribution in [0, 0.1) is 11.6 Å². The van der Waals surface area contributed by atoms with Crippen molar-refractivity contribution in [3.8, 4) is 11.5 Å². The fourth-order valence-corrected chi connectivity index (χ4v) is 3.00. The number of pyridine rings is 1. The number of halogens is 5. The number of ether oxygens (including phenoxy) is 1. The molecule has 1 heterocycles. The lowest BCUT2D eigenvalue weighted by Crippen LogP contribution is -2.44. The Morgan fingerprint density at radius 3 is 2.43 bits per heavy atom. The number of hydrogen-bond acceptors (Lipinski definition) is 3. The van der Waals surface area contributed by atoms with Crippen LogP contribution in [-0.2, 0) is 10.2 Å². The van der Waals surface area contributed by atoms with Gasteiger partial charge >= 0.3 is 6.18 Å². The number of nitrogens with zero attached hydrogens (tertiary/aromatic N) is 1. The van der Waals surface area contributed by atoms with Gasteiger partial charge in [-0.25, -0.2) is 13.8 Å². The third-order valence-corrected chi connectivity index (χ3v) is 4.48. The molecule has 0 saturated carbocycles. The van der Waals surface area contributed by atoms with Gasteiger partial charge in [-0.1, -0.05) is 18.2 Å². The van der Waals surface area contributed by atoms with Crippen LogP contribution in [0.4, 0.5) is 22.0 Å². The molecular weight excluding hydrogens is 407 g/mol. The summed E-state index contributed by atoms with van der Waals surface area (Å²) in [6.45, 7) is 1.04. The largest absolute Gasteiger partial charge is 0.455 e. The van der Waals surface area contributed by atoms with Crippen LogP contribution in [0.25, 0.3) is 10.9 Å². The van der Waals surface area contributed by atoms with Gasteiger partial charge in [0.1, 0.15) is 35.2 Å². The maximum atomic E-state index is 14.6. The van der Waals surface area contributed by atoms with Gasteiger partial charge in [-0.3, -0.25) is 4.79 Å². The van der Waals surface area contributed by atoms with Gasteiger partial charge in [0, 0.05) is 10.9 Å². The predicted molar refractivity (Wildman–Crippen MR) is 100 cm³/mol. The minimum atomic E-state index is -4.60. The summed E-state index contributed by atoms with van der Waals surface area (Å²) in [5.74, 6) is -2.29. The lowest BCUT2D eigenvalue weighted by molar-refractivity contribution is -0.141. The number of rotatable bonds is 5. The van der Waals surface area contributed by atoms with E-state index >= 15 is 0 Å². The van der Waals surface area contributed by atoms with Crippen molar-refractivity contribution in [2.75, 3.05) is 6.54 Å². The van der Waals surface area contributed by atoms with Gasteiger partial charge in [0.25, 0.3) is 0 Å². The SMILES string of the molecule is CC(C)(C(=O)NCC(F)(F)F)c1c(F)cccc1Oc1cnc2c(F)cccc2c1. The summed E-state index contributed by atoms with van der Waals surface area (Å²) >= 11 is 0. The molecule has 0 bridgehead atoms. The second-order valence-electron chi connectivity index (χ2n) is 7.12. The number of amides is 1. The third-order valence-electron chi connectivity index (χ3n) is 4.48. The van der Waals surface area contributed by atoms with Crippen LogP contribution in [0.15, 0.2) is 48.7 Å². The summed E-state index contributed by atoms with van der Waals surface area (Å²) in [6, 6.07) is 9.64. The standard InChI is InChI=1S/C21H17F5N2O2/c1-20(2,19(29)28-11-21(24,25)26)17-14(22)6-4-8-16(17)30-13-9-12-5-3-7-15(23)18(12)27-10-13/h3-10H,11H2,1-2H3,(H,28,29). The number of fused-ring (bicyclic) bond motifs is 1. The molecular formula is C21H17F5N2O2. The minimum Gasteiger partial charge on any atom is -0.455 e. The van der Waals surface area contributed by atoms with Crippen LogP contribution in [0.2, 0.25) is 0 Å². The Hall–Kier alpha value is -3.23. The smallest absolute Gasteiger partial charge is 0.405 e. The molecule has 4 nitrogen and oxygen atoms in total. The summed E-state index contributed by atoms with van der Waals surface area (Å²) in [7, 11) is 0. The van der Waals surface area contributed by atoms with E-state index in [1.165, 1.54) is 50.4 Å². The first kappa shape index (κ1) is 21.5. The summed E-state index contributed by atoms with van der Waals surface area (Å²) in [5.41, 5.74) is -1.78. The van der Waals surface area contributed by atoms with Crippen molar-refractivity contribution < 1.29 is 31.5 Å². The van der Waals surface area contributed by atoms with Crippen LogP contribution in [-0.4, -0.2) is 23.6 Å². The minimum absolute atomic E-state index is 0.0697. The van der Waals surface area contributed by atoms with Crippen molar-refractivity contribution in [2.45, 2.75) is 25.4 Å². The molecule has 0 aliphatic heterocycles.